The number of para-hydroxylation sites is 1. The number of carbonyl (C=O) groups excluding carboxylic acids is 1. The predicted octanol–water partition coefficient (Wildman–Crippen LogP) is 4.48. The maximum absolute atomic E-state index is 13.4. The Morgan fingerprint density at radius 1 is 1.25 bits per heavy atom. The van der Waals surface area contributed by atoms with Gasteiger partial charge in [0.05, 0.1) is 10.6 Å². The van der Waals surface area contributed by atoms with Gasteiger partial charge in [0.15, 0.2) is 10.9 Å². The summed E-state index contributed by atoms with van der Waals surface area (Å²) in [6.45, 7) is 1.72. The number of carbonyl (C=O) groups is 1. The Balaban J connectivity index is 1.50. The number of amides is 1. The number of anilines is 1. The minimum absolute atomic E-state index is 0.164. The highest BCUT2D eigenvalue weighted by molar-refractivity contribution is 7.80. The van der Waals surface area contributed by atoms with Gasteiger partial charge in [-0.05, 0) is 49.0 Å². The molecule has 0 saturated carbocycles. The molecule has 1 fully saturated rings. The summed E-state index contributed by atoms with van der Waals surface area (Å²) in [6.07, 6.45) is 1.50. The first-order chi connectivity index (χ1) is 15.3. The van der Waals surface area contributed by atoms with Crippen molar-refractivity contribution >= 4 is 40.7 Å². The lowest BCUT2D eigenvalue weighted by Gasteiger charge is -2.16. The zero-order valence-corrected chi connectivity index (χ0v) is 17.5. The van der Waals surface area contributed by atoms with Crippen molar-refractivity contribution in [1.29, 1.82) is 0 Å². The molecule has 1 aliphatic heterocycles. The van der Waals surface area contributed by atoms with Crippen LogP contribution in [0.2, 0.25) is 0 Å². The molecule has 0 radical (unpaired) electrons. The number of nitrogens with one attached hydrogen (secondary N) is 1. The zero-order chi connectivity index (χ0) is 22.8. The van der Waals surface area contributed by atoms with Crippen LogP contribution in [0, 0.1) is 22.9 Å². The standard InChI is InChI=1S/C22H16FN3O5S/c1-13-4-2-3-5-18(13)25-21(27)17(24-22(25)32)11-15-7-8-16(31-15)12-30-20-10-14(23)6-9-19(20)26(28)29/h2-11H,12H2,1H3,(H,24,32)/b17-11+. The van der Waals surface area contributed by atoms with Crippen molar-refractivity contribution in [3.05, 3.63) is 93.3 Å². The van der Waals surface area contributed by atoms with Gasteiger partial charge in [0.2, 0.25) is 0 Å². The highest BCUT2D eigenvalue weighted by Crippen LogP contribution is 2.29. The Morgan fingerprint density at radius 3 is 2.78 bits per heavy atom. The second-order valence-corrected chi connectivity index (χ2v) is 7.26. The molecule has 0 spiro atoms. The van der Waals surface area contributed by atoms with Gasteiger partial charge in [-0.15, -0.1) is 0 Å². The van der Waals surface area contributed by atoms with Gasteiger partial charge >= 0.3 is 5.69 Å². The van der Waals surface area contributed by atoms with Gasteiger partial charge < -0.3 is 14.5 Å². The fraction of sp³-hybridized carbons (Fsp3) is 0.0909. The molecular formula is C22H16FN3O5S. The minimum Gasteiger partial charge on any atom is -0.479 e. The zero-order valence-electron chi connectivity index (χ0n) is 16.7. The third-order valence-corrected chi connectivity index (χ3v) is 4.98. The summed E-state index contributed by atoms with van der Waals surface area (Å²) < 4.78 is 24.4. The summed E-state index contributed by atoms with van der Waals surface area (Å²) in [5, 5.41) is 14.2. The van der Waals surface area contributed by atoms with Gasteiger partial charge in [-0.1, -0.05) is 18.2 Å². The molecule has 1 aromatic heterocycles. The van der Waals surface area contributed by atoms with Crippen LogP contribution in [0.1, 0.15) is 17.1 Å². The SMILES string of the molecule is Cc1ccccc1N1C(=O)/C(=C\c2ccc(COc3cc(F)ccc3[N+](=O)[O-])o2)NC1=S. The Bertz CT molecular complexity index is 1270. The number of thiocarbonyl (C=S) groups is 1. The van der Waals surface area contributed by atoms with Crippen LogP contribution in [0.4, 0.5) is 15.8 Å². The first kappa shape index (κ1) is 21.2. The Kier molecular flexibility index (Phi) is 5.69. The predicted molar refractivity (Wildman–Crippen MR) is 118 cm³/mol. The number of halogens is 1. The number of nitrogens with zero attached hydrogens (tertiary/aromatic N) is 2. The van der Waals surface area contributed by atoms with Crippen LogP contribution in [-0.2, 0) is 11.4 Å². The summed E-state index contributed by atoms with van der Waals surface area (Å²) in [5.74, 6) is -0.510. The number of hydrogen-bond acceptors (Lipinski definition) is 6. The molecule has 0 aliphatic carbocycles. The van der Waals surface area contributed by atoms with Crippen LogP contribution < -0.4 is 15.0 Å². The summed E-state index contributed by atoms with van der Waals surface area (Å²) >= 11 is 5.31. The van der Waals surface area contributed by atoms with Crippen molar-refractivity contribution < 1.29 is 23.3 Å². The molecule has 1 saturated heterocycles. The quantitative estimate of drug-likeness (QED) is 0.254. The lowest BCUT2D eigenvalue weighted by atomic mass is 10.2. The van der Waals surface area contributed by atoms with Crippen molar-refractivity contribution in [3.63, 3.8) is 0 Å². The summed E-state index contributed by atoms with van der Waals surface area (Å²) in [5.41, 5.74) is 1.46. The molecule has 8 nitrogen and oxygen atoms in total. The van der Waals surface area contributed by atoms with E-state index in [4.69, 9.17) is 21.4 Å². The molecule has 1 N–H and O–H groups in total. The Morgan fingerprint density at radius 2 is 2.03 bits per heavy atom. The molecule has 10 heteroatoms. The van der Waals surface area contributed by atoms with E-state index in [0.29, 0.717) is 17.2 Å². The number of hydrogen-bond donors (Lipinski definition) is 1. The molecular weight excluding hydrogens is 437 g/mol. The lowest BCUT2D eigenvalue weighted by Crippen LogP contribution is -2.30. The van der Waals surface area contributed by atoms with E-state index in [1.165, 1.54) is 11.0 Å². The summed E-state index contributed by atoms with van der Waals surface area (Å²) in [4.78, 5) is 24.7. The van der Waals surface area contributed by atoms with Crippen molar-refractivity contribution in [3.8, 4) is 5.75 Å². The topological polar surface area (TPSA) is 97.9 Å². The average molecular weight is 453 g/mol. The molecule has 0 bridgehead atoms. The van der Waals surface area contributed by atoms with Crippen LogP contribution in [0.5, 0.6) is 5.75 Å². The molecule has 2 aromatic carbocycles. The normalized spacial score (nSPS) is 14.7. The van der Waals surface area contributed by atoms with Gasteiger partial charge in [0, 0.05) is 18.2 Å². The van der Waals surface area contributed by atoms with Gasteiger partial charge in [0.1, 0.15) is 29.6 Å². The second kappa shape index (κ2) is 8.60. The lowest BCUT2D eigenvalue weighted by molar-refractivity contribution is -0.386. The molecule has 0 unspecified atom stereocenters. The third kappa shape index (κ3) is 4.21. The number of nitro groups is 1. The van der Waals surface area contributed by atoms with Crippen LogP contribution in [-0.4, -0.2) is 15.9 Å². The van der Waals surface area contributed by atoms with Gasteiger partial charge in [-0.2, -0.15) is 0 Å². The van der Waals surface area contributed by atoms with Gasteiger partial charge in [-0.25, -0.2) is 4.39 Å². The molecule has 0 atom stereocenters. The Hall–Kier alpha value is -4.05. The average Bonchev–Trinajstić information content (AvgIpc) is 3.31. The molecule has 4 rings (SSSR count). The minimum atomic E-state index is -0.659. The van der Waals surface area contributed by atoms with E-state index >= 15 is 0 Å². The van der Waals surface area contributed by atoms with E-state index < -0.39 is 10.7 Å². The fourth-order valence-electron chi connectivity index (χ4n) is 3.16. The Labute approximate surface area is 187 Å². The summed E-state index contributed by atoms with van der Waals surface area (Å²) in [7, 11) is 0. The molecule has 162 valence electrons. The molecule has 1 aliphatic rings. The van der Waals surface area contributed by atoms with Crippen LogP contribution >= 0.6 is 12.2 Å². The molecule has 2 heterocycles. The van der Waals surface area contributed by atoms with E-state index in [2.05, 4.69) is 5.32 Å². The maximum Gasteiger partial charge on any atom is 0.311 e. The third-order valence-electron chi connectivity index (χ3n) is 4.69. The highest BCUT2D eigenvalue weighted by atomic mass is 32.1. The highest BCUT2D eigenvalue weighted by Gasteiger charge is 2.33. The molecule has 3 aromatic rings. The van der Waals surface area contributed by atoms with Crippen molar-refractivity contribution in [2.45, 2.75) is 13.5 Å². The number of nitro benzene ring substituents is 1. The van der Waals surface area contributed by atoms with Crippen molar-refractivity contribution in [2.24, 2.45) is 0 Å². The largest absolute Gasteiger partial charge is 0.479 e. The number of rotatable bonds is 6. The van der Waals surface area contributed by atoms with E-state index in [1.807, 2.05) is 25.1 Å². The number of ether oxygens (including phenoxy) is 1. The monoisotopic (exact) mass is 453 g/mol. The number of furan rings is 1. The first-order valence-corrected chi connectivity index (χ1v) is 9.82. The first-order valence-electron chi connectivity index (χ1n) is 9.41. The van der Waals surface area contributed by atoms with Gasteiger partial charge in [-0.3, -0.25) is 19.8 Å². The van der Waals surface area contributed by atoms with Crippen LogP contribution in [0.15, 0.2) is 64.7 Å². The van der Waals surface area contributed by atoms with Crippen LogP contribution in [0.25, 0.3) is 6.08 Å². The van der Waals surface area contributed by atoms with E-state index in [0.717, 1.165) is 23.8 Å². The van der Waals surface area contributed by atoms with Crippen molar-refractivity contribution in [1.82, 2.24) is 5.32 Å². The van der Waals surface area contributed by atoms with E-state index in [-0.39, 0.29) is 34.8 Å². The number of benzene rings is 2. The molecule has 1 amide bonds. The summed E-state index contributed by atoms with van der Waals surface area (Å²) in [6, 6.07) is 13.5. The van der Waals surface area contributed by atoms with Crippen LogP contribution in [0.3, 0.4) is 0 Å². The van der Waals surface area contributed by atoms with Crippen molar-refractivity contribution in [2.75, 3.05) is 4.90 Å². The smallest absolute Gasteiger partial charge is 0.311 e. The fourth-order valence-corrected chi connectivity index (χ4v) is 3.45. The maximum atomic E-state index is 13.4. The van der Waals surface area contributed by atoms with Gasteiger partial charge in [0.25, 0.3) is 5.91 Å². The van der Waals surface area contributed by atoms with E-state index in [1.54, 1.807) is 18.2 Å². The second-order valence-electron chi connectivity index (χ2n) is 6.88. The number of aryl methyl sites for hydroxylation is 1. The van der Waals surface area contributed by atoms with E-state index in [9.17, 15) is 19.3 Å². The molecule has 32 heavy (non-hydrogen) atoms.